The van der Waals surface area contributed by atoms with Crippen molar-refractivity contribution >= 4 is 14.0 Å². The Labute approximate surface area is 170 Å². The lowest BCUT2D eigenvalue weighted by Gasteiger charge is -2.18. The number of carbonyl (C=O) groups is 1. The highest BCUT2D eigenvalue weighted by Crippen LogP contribution is 2.40. The molecule has 0 aliphatic carbocycles. The number of carbonyl (C=O) groups excluding carboxylic acids is 1. The van der Waals surface area contributed by atoms with Gasteiger partial charge in [-0.15, -0.1) is 0 Å². The molecule has 0 amide bonds. The fourth-order valence-corrected chi connectivity index (χ4v) is 4.95. The van der Waals surface area contributed by atoms with Crippen LogP contribution in [0, 0.1) is 0 Å². The first-order chi connectivity index (χ1) is 13.1. The molecule has 0 aromatic heterocycles. The van der Waals surface area contributed by atoms with Gasteiger partial charge in [-0.3, -0.25) is 0 Å². The second-order valence-corrected chi connectivity index (χ2v) is 14.3. The minimum absolute atomic E-state index is 0.172. The number of rotatable bonds is 11. The van der Waals surface area contributed by atoms with Crippen molar-refractivity contribution < 1.29 is 23.7 Å². The van der Waals surface area contributed by atoms with E-state index in [0.29, 0.717) is 13.2 Å². The third kappa shape index (κ3) is 7.41. The van der Waals surface area contributed by atoms with Crippen LogP contribution in [0.4, 0.5) is 0 Å². The molecule has 0 saturated carbocycles. The molecular weight excluding hydrogens is 372 g/mol. The van der Waals surface area contributed by atoms with E-state index in [4.69, 9.17) is 18.9 Å². The molecule has 0 unspecified atom stereocenters. The van der Waals surface area contributed by atoms with Crippen molar-refractivity contribution in [1.82, 2.24) is 0 Å². The van der Waals surface area contributed by atoms with Crippen LogP contribution in [0.3, 0.4) is 0 Å². The molecule has 1 saturated heterocycles. The van der Waals surface area contributed by atoms with Gasteiger partial charge in [0.25, 0.3) is 0 Å². The lowest BCUT2D eigenvalue weighted by Crippen LogP contribution is -2.21. The van der Waals surface area contributed by atoms with Crippen molar-refractivity contribution in [2.75, 3.05) is 20.8 Å². The van der Waals surface area contributed by atoms with Gasteiger partial charge in [-0.2, -0.15) is 0 Å². The van der Waals surface area contributed by atoms with Crippen molar-refractivity contribution in [1.29, 1.82) is 0 Å². The quantitative estimate of drug-likeness (QED) is 0.233. The van der Waals surface area contributed by atoms with E-state index in [0.717, 1.165) is 30.2 Å². The Hall–Kier alpha value is -1.63. The van der Waals surface area contributed by atoms with Crippen LogP contribution >= 0.6 is 0 Å². The molecule has 156 valence electrons. The molecule has 1 aromatic rings. The van der Waals surface area contributed by atoms with Crippen LogP contribution in [-0.4, -0.2) is 46.6 Å². The van der Waals surface area contributed by atoms with Gasteiger partial charge >= 0.3 is 5.97 Å². The van der Waals surface area contributed by atoms with E-state index in [9.17, 15) is 4.79 Å². The maximum atomic E-state index is 11.7. The highest BCUT2D eigenvalue weighted by molar-refractivity contribution is 6.76. The molecule has 2 rings (SSSR count). The molecule has 0 radical (unpaired) electrons. The van der Waals surface area contributed by atoms with Crippen LogP contribution in [0.2, 0.25) is 25.7 Å². The van der Waals surface area contributed by atoms with Crippen LogP contribution in [0.1, 0.15) is 25.3 Å². The third-order valence-corrected chi connectivity index (χ3v) is 6.37. The van der Waals surface area contributed by atoms with Gasteiger partial charge in [0.05, 0.1) is 33.5 Å². The topological polar surface area (TPSA) is 57.3 Å². The largest absolute Gasteiger partial charge is 0.497 e. The molecule has 6 heteroatoms. The van der Waals surface area contributed by atoms with Crippen molar-refractivity contribution in [2.24, 2.45) is 0 Å². The molecule has 1 aromatic carbocycles. The van der Waals surface area contributed by atoms with Crippen molar-refractivity contribution in [3.05, 3.63) is 41.5 Å². The smallest absolute Gasteiger partial charge is 0.330 e. The molecule has 0 spiro atoms. The molecule has 28 heavy (non-hydrogen) atoms. The Morgan fingerprint density at radius 2 is 1.89 bits per heavy atom. The van der Waals surface area contributed by atoms with Gasteiger partial charge in [-0.25, -0.2) is 4.79 Å². The van der Waals surface area contributed by atoms with Crippen molar-refractivity contribution in [3.63, 3.8) is 0 Å². The average molecular weight is 407 g/mol. The summed E-state index contributed by atoms with van der Waals surface area (Å²) in [4.78, 5) is 11.7. The molecule has 1 heterocycles. The second-order valence-electron chi connectivity index (χ2n) is 8.86. The third-order valence-electron chi connectivity index (χ3n) is 4.86. The first kappa shape index (κ1) is 22.7. The fourth-order valence-electron chi connectivity index (χ4n) is 3.31. The maximum Gasteiger partial charge on any atom is 0.330 e. The maximum absolute atomic E-state index is 11.7. The molecule has 0 N–H and O–H groups in total. The van der Waals surface area contributed by atoms with Gasteiger partial charge in [-0.05, 0) is 43.5 Å². The normalized spacial score (nSPS) is 22.1. The Morgan fingerprint density at radius 3 is 2.46 bits per heavy atom. The van der Waals surface area contributed by atoms with Crippen molar-refractivity contribution in [3.8, 4) is 5.75 Å². The summed E-state index contributed by atoms with van der Waals surface area (Å²) in [5, 5.41) is 0. The van der Waals surface area contributed by atoms with Gasteiger partial charge in [0.1, 0.15) is 11.4 Å². The van der Waals surface area contributed by atoms with Crippen LogP contribution in [0.5, 0.6) is 5.75 Å². The summed E-state index contributed by atoms with van der Waals surface area (Å²) in [6.07, 6.45) is 3.59. The van der Waals surface area contributed by atoms with Gasteiger partial charge in [0.15, 0.2) is 0 Å². The molecule has 1 fully saturated rings. The molecule has 5 nitrogen and oxygen atoms in total. The minimum atomic E-state index is -1.30. The van der Waals surface area contributed by atoms with E-state index in [2.05, 4.69) is 26.6 Å². The number of methoxy groups -OCH3 is 2. The molecule has 1 aliphatic heterocycles. The van der Waals surface area contributed by atoms with Gasteiger partial charge in [-0.1, -0.05) is 37.3 Å². The van der Waals surface area contributed by atoms with Crippen LogP contribution in [-0.2, 0) is 25.6 Å². The first-order valence-electron chi connectivity index (χ1n) is 9.81. The highest BCUT2D eigenvalue weighted by Gasteiger charge is 2.51. The number of epoxide rings is 1. The Bertz CT molecular complexity index is 677. The molecule has 1 aliphatic rings. The summed E-state index contributed by atoms with van der Waals surface area (Å²) in [6, 6.07) is 8.88. The second kappa shape index (κ2) is 9.72. The van der Waals surface area contributed by atoms with Crippen LogP contribution < -0.4 is 4.74 Å². The summed E-state index contributed by atoms with van der Waals surface area (Å²) in [5.41, 5.74) is 2.05. The standard InChI is InChI=1S/C22H34O5Si/c1-22(16-26-14-17-7-10-19(24-2)11-8-17)20(27-22)12-9-18(13-21(23)25-3)15-28(4,5)6/h7-8,10-11,13,20H,9,12,14-16H2,1-6H3/b18-13-/t20-,22-/m0/s1. The summed E-state index contributed by atoms with van der Waals surface area (Å²) < 4.78 is 21.8. The number of allylic oxidation sites excluding steroid dienone is 1. The fraction of sp³-hybridized carbons (Fsp3) is 0.591. The number of hydrogen-bond acceptors (Lipinski definition) is 5. The average Bonchev–Trinajstić information content (AvgIpc) is 3.29. The minimum Gasteiger partial charge on any atom is -0.497 e. The summed E-state index contributed by atoms with van der Waals surface area (Å²) in [5.74, 6) is 0.575. The lowest BCUT2D eigenvalue weighted by molar-refractivity contribution is -0.134. The SMILES string of the molecule is COC(=O)/C=C(/CC[C@@H]1O[C@@]1(C)COCc1ccc(OC)cc1)C[Si](C)(C)C. The Balaban J connectivity index is 1.78. The predicted octanol–water partition coefficient (Wildman–Crippen LogP) is 4.59. The lowest BCUT2D eigenvalue weighted by atomic mass is 10.0. The highest BCUT2D eigenvalue weighted by atomic mass is 28.3. The molecule has 2 atom stereocenters. The van der Waals surface area contributed by atoms with E-state index >= 15 is 0 Å². The summed E-state index contributed by atoms with van der Waals surface area (Å²) >= 11 is 0. The number of benzene rings is 1. The van der Waals surface area contributed by atoms with Crippen LogP contribution in [0.15, 0.2) is 35.9 Å². The zero-order valence-electron chi connectivity index (χ0n) is 18.0. The molecule has 0 bridgehead atoms. The van der Waals surface area contributed by atoms with Gasteiger partial charge < -0.3 is 18.9 Å². The van der Waals surface area contributed by atoms with E-state index in [1.54, 1.807) is 13.2 Å². The van der Waals surface area contributed by atoms with E-state index in [1.807, 2.05) is 24.3 Å². The zero-order chi connectivity index (χ0) is 20.8. The summed E-state index contributed by atoms with van der Waals surface area (Å²) in [7, 11) is 1.78. The van der Waals surface area contributed by atoms with E-state index in [1.165, 1.54) is 12.7 Å². The predicted molar refractivity (Wildman–Crippen MR) is 113 cm³/mol. The van der Waals surface area contributed by atoms with Crippen molar-refractivity contribution in [2.45, 2.75) is 63.8 Å². The monoisotopic (exact) mass is 406 g/mol. The van der Waals surface area contributed by atoms with Crippen LogP contribution in [0.25, 0.3) is 0 Å². The van der Waals surface area contributed by atoms with E-state index in [-0.39, 0.29) is 17.7 Å². The number of hydrogen-bond donors (Lipinski definition) is 0. The van der Waals surface area contributed by atoms with Gasteiger partial charge in [0.2, 0.25) is 0 Å². The van der Waals surface area contributed by atoms with E-state index < -0.39 is 8.07 Å². The Morgan fingerprint density at radius 1 is 1.21 bits per heavy atom. The Kier molecular flexibility index (Phi) is 7.86. The number of ether oxygens (including phenoxy) is 4. The van der Waals surface area contributed by atoms with Gasteiger partial charge in [0, 0.05) is 14.1 Å². The first-order valence-corrected chi connectivity index (χ1v) is 13.5. The molecular formula is C22H34O5Si. The zero-order valence-corrected chi connectivity index (χ0v) is 19.0. The summed E-state index contributed by atoms with van der Waals surface area (Å²) in [6.45, 7) is 10.1. The number of esters is 1.